The van der Waals surface area contributed by atoms with Gasteiger partial charge in [-0.3, -0.25) is 4.79 Å². The van der Waals surface area contributed by atoms with Crippen molar-refractivity contribution in [1.29, 1.82) is 0 Å². The van der Waals surface area contributed by atoms with Gasteiger partial charge in [0.2, 0.25) is 0 Å². The second-order valence-electron chi connectivity index (χ2n) is 8.30. The number of nitrogens with two attached hydrogens (primary N) is 1. The number of fused-ring (bicyclic) bond motifs is 1. The van der Waals surface area contributed by atoms with Gasteiger partial charge in [0, 0.05) is 6.42 Å². The van der Waals surface area contributed by atoms with Gasteiger partial charge in [-0.15, -0.1) is 11.3 Å². The zero-order chi connectivity index (χ0) is 20.7. The van der Waals surface area contributed by atoms with E-state index in [2.05, 4.69) is 38.3 Å². The maximum absolute atomic E-state index is 12.8. The van der Waals surface area contributed by atoms with E-state index in [1.807, 2.05) is 0 Å². The highest BCUT2D eigenvalue weighted by Crippen LogP contribution is 2.42. The Morgan fingerprint density at radius 1 is 1.25 bits per heavy atom. The summed E-state index contributed by atoms with van der Waals surface area (Å²) in [4.78, 5) is 26.7. The lowest BCUT2D eigenvalue weighted by atomic mass is 9.81. The number of anilines is 1. The zero-order valence-electron chi connectivity index (χ0n) is 16.8. The Labute approximate surface area is 174 Å². The maximum atomic E-state index is 12.8. The number of thiophene rings is 1. The van der Waals surface area contributed by atoms with Crippen LogP contribution in [0.15, 0.2) is 24.3 Å². The molecule has 7 heteroatoms. The molecule has 1 aromatic heterocycles. The van der Waals surface area contributed by atoms with Crippen LogP contribution in [-0.2, 0) is 16.7 Å². The number of esters is 1. The van der Waals surface area contributed by atoms with E-state index in [9.17, 15) is 9.59 Å². The fourth-order valence-electron chi connectivity index (χ4n) is 4.03. The molecule has 1 aromatic carbocycles. The highest BCUT2D eigenvalue weighted by Gasteiger charge is 2.45. The number of amides is 1. The largest absolute Gasteiger partial charge is 0.462 e. The molecule has 0 saturated heterocycles. The molecule has 0 spiro atoms. The number of carbonyl (C=O) groups excluding carboxylic acids is 2. The summed E-state index contributed by atoms with van der Waals surface area (Å²) < 4.78 is 5.32. The van der Waals surface area contributed by atoms with Gasteiger partial charge in [-0.2, -0.15) is 0 Å². The fourth-order valence-corrected chi connectivity index (χ4v) is 5.52. The first-order chi connectivity index (χ1) is 13.1. The van der Waals surface area contributed by atoms with Crippen LogP contribution in [0, 0.1) is 0 Å². The van der Waals surface area contributed by atoms with Gasteiger partial charge in [-0.1, -0.05) is 23.7 Å². The van der Waals surface area contributed by atoms with Crippen LogP contribution in [0.3, 0.4) is 0 Å². The number of halogens is 1. The number of quaternary nitrogens is 1. The first-order valence-electron chi connectivity index (χ1n) is 9.32. The summed E-state index contributed by atoms with van der Waals surface area (Å²) in [6, 6.07) is 6.86. The summed E-state index contributed by atoms with van der Waals surface area (Å²) in [6.45, 7) is 10.6. The van der Waals surface area contributed by atoms with E-state index >= 15 is 0 Å². The van der Waals surface area contributed by atoms with Crippen LogP contribution in [0.25, 0.3) is 0 Å². The molecule has 2 aromatic rings. The minimum Gasteiger partial charge on any atom is -0.462 e. The predicted molar refractivity (Wildman–Crippen MR) is 112 cm³/mol. The molecule has 1 amide bonds. The van der Waals surface area contributed by atoms with E-state index in [1.54, 1.807) is 31.2 Å². The van der Waals surface area contributed by atoms with Gasteiger partial charge >= 0.3 is 5.97 Å². The number of ether oxygens (including phenoxy) is 1. The molecule has 0 unspecified atom stereocenters. The highest BCUT2D eigenvalue weighted by molar-refractivity contribution is 7.17. The van der Waals surface area contributed by atoms with Crippen LogP contribution in [0.4, 0.5) is 5.00 Å². The van der Waals surface area contributed by atoms with Crippen molar-refractivity contribution < 1.29 is 19.6 Å². The second-order valence-corrected chi connectivity index (χ2v) is 9.73. The van der Waals surface area contributed by atoms with Crippen LogP contribution in [0.5, 0.6) is 0 Å². The molecule has 0 aliphatic carbocycles. The normalized spacial score (nSPS) is 16.9. The lowest BCUT2D eigenvalue weighted by Crippen LogP contribution is -3.03. The van der Waals surface area contributed by atoms with Crippen molar-refractivity contribution in [2.75, 3.05) is 11.9 Å². The fraction of sp³-hybridized carbons (Fsp3) is 0.429. The van der Waals surface area contributed by atoms with Gasteiger partial charge in [0.15, 0.2) is 0 Å². The molecule has 28 heavy (non-hydrogen) atoms. The van der Waals surface area contributed by atoms with Crippen LogP contribution in [0.1, 0.15) is 65.8 Å². The van der Waals surface area contributed by atoms with Crippen LogP contribution in [-0.4, -0.2) is 24.0 Å². The molecular weight excluding hydrogens is 396 g/mol. The first-order valence-corrected chi connectivity index (χ1v) is 10.5. The SMILES string of the molecule is CCOC(=O)c1c(NC(=O)c2ccccc2Cl)sc2c1CC(C)(C)[NH2+]C2(C)C. The molecule has 0 saturated carbocycles. The molecule has 150 valence electrons. The summed E-state index contributed by atoms with van der Waals surface area (Å²) in [5.41, 5.74) is 1.53. The Balaban J connectivity index is 2.09. The quantitative estimate of drug-likeness (QED) is 0.734. The van der Waals surface area contributed by atoms with Crippen molar-refractivity contribution in [2.24, 2.45) is 0 Å². The number of benzene rings is 1. The molecule has 0 bridgehead atoms. The number of hydrogen-bond acceptors (Lipinski definition) is 4. The molecule has 5 nitrogen and oxygen atoms in total. The van der Waals surface area contributed by atoms with Crippen molar-refractivity contribution in [2.45, 2.75) is 52.1 Å². The van der Waals surface area contributed by atoms with Gasteiger partial charge in [0.05, 0.1) is 33.2 Å². The third kappa shape index (κ3) is 3.95. The highest BCUT2D eigenvalue weighted by atomic mass is 35.5. The van der Waals surface area contributed by atoms with Crippen molar-refractivity contribution in [3.05, 3.63) is 50.9 Å². The Kier molecular flexibility index (Phi) is 5.58. The van der Waals surface area contributed by atoms with Crippen LogP contribution in [0.2, 0.25) is 5.02 Å². The van der Waals surface area contributed by atoms with E-state index in [1.165, 1.54) is 11.3 Å². The third-order valence-corrected chi connectivity index (χ3v) is 6.62. The summed E-state index contributed by atoms with van der Waals surface area (Å²) in [5, 5.41) is 6.11. The summed E-state index contributed by atoms with van der Waals surface area (Å²) >= 11 is 7.61. The molecular formula is C21H26ClN2O3S+. The lowest BCUT2D eigenvalue weighted by molar-refractivity contribution is -0.789. The second kappa shape index (κ2) is 7.50. The first kappa shape index (κ1) is 20.8. The molecule has 3 rings (SSSR count). The average molecular weight is 422 g/mol. The standard InChI is InChI=1S/C21H25ClN2O3S/c1-6-27-19(26)15-13-11-20(2,3)24-21(4,5)16(13)28-18(15)23-17(25)12-9-7-8-10-14(12)22/h7-10,24H,6,11H2,1-5H3,(H,23,25)/p+1. The minimum atomic E-state index is -0.400. The molecule has 1 aliphatic heterocycles. The Bertz CT molecular complexity index is 934. The Morgan fingerprint density at radius 3 is 2.57 bits per heavy atom. The van der Waals surface area contributed by atoms with E-state index in [0.717, 1.165) is 16.9 Å². The monoisotopic (exact) mass is 421 g/mol. The minimum absolute atomic E-state index is 0.0666. The Morgan fingerprint density at radius 2 is 1.93 bits per heavy atom. The van der Waals surface area contributed by atoms with Crippen LogP contribution < -0.4 is 10.6 Å². The summed E-state index contributed by atoms with van der Waals surface area (Å²) in [6.07, 6.45) is 0.721. The number of nitrogens with one attached hydrogen (secondary N) is 1. The smallest absolute Gasteiger partial charge is 0.341 e. The molecule has 0 atom stereocenters. The topological polar surface area (TPSA) is 72.0 Å². The Hall–Kier alpha value is -1.89. The molecule has 2 heterocycles. The number of hydrogen-bond donors (Lipinski definition) is 2. The van der Waals surface area contributed by atoms with E-state index in [0.29, 0.717) is 21.2 Å². The third-order valence-electron chi connectivity index (χ3n) is 4.80. The number of carbonyl (C=O) groups is 2. The molecule has 1 aliphatic rings. The van der Waals surface area contributed by atoms with E-state index in [4.69, 9.17) is 16.3 Å². The molecule has 0 radical (unpaired) electrons. The van der Waals surface area contributed by atoms with Gasteiger partial charge in [-0.25, -0.2) is 4.79 Å². The van der Waals surface area contributed by atoms with E-state index < -0.39 is 5.97 Å². The van der Waals surface area contributed by atoms with Gasteiger partial charge in [0.1, 0.15) is 10.5 Å². The summed E-state index contributed by atoms with van der Waals surface area (Å²) in [5.74, 6) is -0.737. The number of rotatable bonds is 4. The average Bonchev–Trinajstić information content (AvgIpc) is 2.92. The van der Waals surface area contributed by atoms with Crippen molar-refractivity contribution in [3.63, 3.8) is 0 Å². The van der Waals surface area contributed by atoms with Crippen molar-refractivity contribution >= 4 is 39.8 Å². The zero-order valence-corrected chi connectivity index (χ0v) is 18.4. The molecule has 3 N–H and O–H groups in total. The summed E-state index contributed by atoms with van der Waals surface area (Å²) in [7, 11) is 0. The van der Waals surface area contributed by atoms with Gasteiger partial charge in [0.25, 0.3) is 5.91 Å². The van der Waals surface area contributed by atoms with Gasteiger partial charge < -0.3 is 15.4 Å². The predicted octanol–water partition coefficient (Wildman–Crippen LogP) is 3.96. The van der Waals surface area contributed by atoms with Crippen LogP contribution >= 0.6 is 22.9 Å². The molecule has 0 fully saturated rings. The maximum Gasteiger partial charge on any atom is 0.341 e. The van der Waals surface area contributed by atoms with Crippen molar-refractivity contribution in [3.8, 4) is 0 Å². The van der Waals surface area contributed by atoms with Gasteiger partial charge in [-0.05, 0) is 52.3 Å². The lowest BCUT2D eigenvalue weighted by Gasteiger charge is -2.38. The van der Waals surface area contributed by atoms with E-state index in [-0.39, 0.29) is 23.6 Å². The van der Waals surface area contributed by atoms with Crippen molar-refractivity contribution in [1.82, 2.24) is 0 Å².